The molecule has 2 N–H and O–H groups in total. The van der Waals surface area contributed by atoms with Crippen molar-refractivity contribution in [3.05, 3.63) is 0 Å². The zero-order valence-corrected chi connectivity index (χ0v) is 14.1. The number of piperidine rings is 1. The summed E-state index contributed by atoms with van der Waals surface area (Å²) in [6, 6.07) is 0.378. The van der Waals surface area contributed by atoms with Crippen LogP contribution in [0.15, 0.2) is 0 Å². The maximum Gasteiger partial charge on any atom is 0.222 e. The molecule has 2 fully saturated rings. The molecule has 2 rings (SSSR count). The highest BCUT2D eigenvalue weighted by Gasteiger charge is 2.32. The van der Waals surface area contributed by atoms with E-state index < -0.39 is 0 Å². The first kappa shape index (κ1) is 16.8. The number of rotatable bonds is 5. The van der Waals surface area contributed by atoms with Crippen molar-refractivity contribution in [2.75, 3.05) is 13.1 Å². The van der Waals surface area contributed by atoms with Crippen LogP contribution < -0.4 is 5.73 Å². The van der Waals surface area contributed by atoms with Gasteiger partial charge in [0.2, 0.25) is 5.91 Å². The van der Waals surface area contributed by atoms with E-state index in [4.69, 9.17) is 5.73 Å². The molecule has 1 aliphatic heterocycles. The molecule has 0 aromatic rings. The molecule has 1 heterocycles. The van der Waals surface area contributed by atoms with Crippen LogP contribution in [-0.4, -0.2) is 29.9 Å². The van der Waals surface area contributed by atoms with Crippen molar-refractivity contribution >= 4 is 5.91 Å². The Labute approximate surface area is 130 Å². The van der Waals surface area contributed by atoms with Crippen molar-refractivity contribution in [2.24, 2.45) is 17.1 Å². The lowest BCUT2D eigenvalue weighted by molar-refractivity contribution is -0.134. The third-order valence-corrected chi connectivity index (χ3v) is 6.27. The Hall–Kier alpha value is -0.570. The van der Waals surface area contributed by atoms with Crippen LogP contribution in [0.5, 0.6) is 0 Å². The van der Waals surface area contributed by atoms with Crippen LogP contribution in [0, 0.1) is 11.3 Å². The summed E-state index contributed by atoms with van der Waals surface area (Å²) in [5.41, 5.74) is 6.55. The summed E-state index contributed by atoms with van der Waals surface area (Å²) in [7, 11) is 0. The first-order valence-electron chi connectivity index (χ1n) is 9.12. The van der Waals surface area contributed by atoms with Crippen LogP contribution in [0.3, 0.4) is 0 Å². The minimum absolute atomic E-state index is 0.378. The van der Waals surface area contributed by atoms with Crippen LogP contribution in [0.2, 0.25) is 0 Å². The summed E-state index contributed by atoms with van der Waals surface area (Å²) >= 11 is 0. The van der Waals surface area contributed by atoms with Gasteiger partial charge in [0.05, 0.1) is 0 Å². The Kier molecular flexibility index (Phi) is 6.09. The number of nitrogens with two attached hydrogens (primary N) is 1. The zero-order chi connectivity index (χ0) is 15.3. The van der Waals surface area contributed by atoms with Gasteiger partial charge in [-0.1, -0.05) is 39.5 Å². The standard InChI is InChI=1S/C18H34N2O/c1-3-18(4-2)10-12-20(13-11-18)17(21)9-8-15-6-5-7-16(19)14-15/h15-16H,3-14,19H2,1-2H3. The van der Waals surface area contributed by atoms with Gasteiger partial charge < -0.3 is 10.6 Å². The molecule has 2 atom stereocenters. The SMILES string of the molecule is CCC1(CC)CCN(C(=O)CCC2CCCC(N)C2)CC1. The van der Waals surface area contributed by atoms with Crippen LogP contribution >= 0.6 is 0 Å². The smallest absolute Gasteiger partial charge is 0.222 e. The molecule has 3 nitrogen and oxygen atoms in total. The Morgan fingerprint density at radius 2 is 1.86 bits per heavy atom. The predicted octanol–water partition coefficient (Wildman–Crippen LogP) is 3.71. The van der Waals surface area contributed by atoms with E-state index in [2.05, 4.69) is 18.7 Å². The van der Waals surface area contributed by atoms with E-state index in [1.165, 1.54) is 44.9 Å². The Morgan fingerprint density at radius 1 is 1.19 bits per heavy atom. The van der Waals surface area contributed by atoms with E-state index in [-0.39, 0.29) is 0 Å². The predicted molar refractivity (Wildman–Crippen MR) is 88.0 cm³/mol. The number of carbonyl (C=O) groups is 1. The fraction of sp³-hybridized carbons (Fsp3) is 0.944. The van der Waals surface area contributed by atoms with Gasteiger partial charge in [0.25, 0.3) is 0 Å². The van der Waals surface area contributed by atoms with E-state index in [0.29, 0.717) is 23.3 Å². The Bertz CT molecular complexity index is 328. The van der Waals surface area contributed by atoms with Crippen molar-refractivity contribution in [2.45, 2.75) is 84.1 Å². The molecule has 0 spiro atoms. The number of carbonyl (C=O) groups excluding carboxylic acids is 1. The van der Waals surface area contributed by atoms with Crippen molar-refractivity contribution in [3.8, 4) is 0 Å². The van der Waals surface area contributed by atoms with Gasteiger partial charge >= 0.3 is 0 Å². The van der Waals surface area contributed by atoms with Gasteiger partial charge in [-0.25, -0.2) is 0 Å². The second-order valence-electron chi connectivity index (χ2n) is 7.42. The summed E-state index contributed by atoms with van der Waals surface area (Å²) < 4.78 is 0. The fourth-order valence-electron chi connectivity index (χ4n) is 4.27. The van der Waals surface area contributed by atoms with E-state index in [1.807, 2.05) is 0 Å². The van der Waals surface area contributed by atoms with Gasteiger partial charge in [-0.3, -0.25) is 4.79 Å². The monoisotopic (exact) mass is 294 g/mol. The van der Waals surface area contributed by atoms with Gasteiger partial charge in [-0.2, -0.15) is 0 Å². The molecule has 0 aromatic carbocycles. The Balaban J connectivity index is 1.72. The van der Waals surface area contributed by atoms with Gasteiger partial charge in [0.1, 0.15) is 0 Å². The maximum absolute atomic E-state index is 12.4. The number of nitrogens with zero attached hydrogens (tertiary/aromatic N) is 1. The molecular weight excluding hydrogens is 260 g/mol. The highest BCUT2D eigenvalue weighted by atomic mass is 16.2. The molecule has 2 aliphatic rings. The lowest BCUT2D eigenvalue weighted by Crippen LogP contribution is -2.43. The van der Waals surface area contributed by atoms with E-state index in [1.54, 1.807) is 0 Å². The van der Waals surface area contributed by atoms with Crippen LogP contribution in [-0.2, 0) is 4.79 Å². The van der Waals surface area contributed by atoms with Crippen LogP contribution in [0.1, 0.15) is 78.1 Å². The molecular formula is C18H34N2O. The van der Waals surface area contributed by atoms with Crippen molar-refractivity contribution in [3.63, 3.8) is 0 Å². The molecule has 1 amide bonds. The summed E-state index contributed by atoms with van der Waals surface area (Å²) in [6.45, 7) is 6.55. The number of hydrogen-bond acceptors (Lipinski definition) is 2. The van der Waals surface area contributed by atoms with Gasteiger partial charge in [0.15, 0.2) is 0 Å². The highest BCUT2D eigenvalue weighted by molar-refractivity contribution is 5.76. The van der Waals surface area contributed by atoms with Gasteiger partial charge in [-0.05, 0) is 43.4 Å². The highest BCUT2D eigenvalue weighted by Crippen LogP contribution is 2.38. The Morgan fingerprint density at radius 3 is 2.43 bits per heavy atom. The molecule has 1 aliphatic carbocycles. The van der Waals surface area contributed by atoms with Crippen molar-refractivity contribution in [1.29, 1.82) is 0 Å². The largest absolute Gasteiger partial charge is 0.343 e. The molecule has 0 bridgehead atoms. The lowest BCUT2D eigenvalue weighted by Gasteiger charge is -2.41. The van der Waals surface area contributed by atoms with Crippen LogP contribution in [0.25, 0.3) is 0 Å². The summed E-state index contributed by atoms with van der Waals surface area (Å²) in [5, 5.41) is 0. The van der Waals surface area contributed by atoms with E-state index in [9.17, 15) is 4.79 Å². The number of hydrogen-bond donors (Lipinski definition) is 1. The minimum Gasteiger partial charge on any atom is -0.343 e. The summed E-state index contributed by atoms with van der Waals surface area (Å²) in [4.78, 5) is 14.5. The fourth-order valence-corrected chi connectivity index (χ4v) is 4.27. The quantitative estimate of drug-likeness (QED) is 0.840. The normalized spacial score (nSPS) is 29.4. The number of amides is 1. The van der Waals surface area contributed by atoms with Crippen molar-refractivity contribution < 1.29 is 4.79 Å². The maximum atomic E-state index is 12.4. The van der Waals surface area contributed by atoms with E-state index in [0.717, 1.165) is 32.4 Å². The first-order valence-corrected chi connectivity index (χ1v) is 9.12. The van der Waals surface area contributed by atoms with Gasteiger partial charge in [0, 0.05) is 25.6 Å². The first-order chi connectivity index (χ1) is 10.1. The number of likely N-dealkylation sites (tertiary alicyclic amines) is 1. The molecule has 1 saturated carbocycles. The molecule has 21 heavy (non-hydrogen) atoms. The topological polar surface area (TPSA) is 46.3 Å². The lowest BCUT2D eigenvalue weighted by atomic mass is 9.74. The third-order valence-electron chi connectivity index (χ3n) is 6.27. The molecule has 1 saturated heterocycles. The molecule has 3 heteroatoms. The second-order valence-corrected chi connectivity index (χ2v) is 7.42. The molecule has 122 valence electrons. The third kappa shape index (κ3) is 4.45. The molecule has 0 radical (unpaired) electrons. The summed E-state index contributed by atoms with van der Waals surface area (Å²) in [6.07, 6.45) is 11.5. The average Bonchev–Trinajstić information content (AvgIpc) is 2.53. The average molecular weight is 294 g/mol. The van der Waals surface area contributed by atoms with Gasteiger partial charge in [-0.15, -0.1) is 0 Å². The molecule has 2 unspecified atom stereocenters. The summed E-state index contributed by atoms with van der Waals surface area (Å²) in [5.74, 6) is 1.07. The zero-order valence-electron chi connectivity index (χ0n) is 14.1. The van der Waals surface area contributed by atoms with Crippen LogP contribution in [0.4, 0.5) is 0 Å². The minimum atomic E-state index is 0.378. The second kappa shape index (κ2) is 7.62. The van der Waals surface area contributed by atoms with E-state index >= 15 is 0 Å². The van der Waals surface area contributed by atoms with Crippen molar-refractivity contribution in [1.82, 2.24) is 4.90 Å². The molecule has 0 aromatic heterocycles.